The Balaban J connectivity index is 2.53. The van der Waals surface area contributed by atoms with Crippen LogP contribution in [-0.2, 0) is 4.79 Å². The first-order valence-corrected chi connectivity index (χ1v) is 7.46. The van der Waals surface area contributed by atoms with Crippen LogP contribution < -0.4 is 10.6 Å². The molecule has 1 atom stereocenters. The number of nitrogens with zero attached hydrogens (tertiary/aromatic N) is 1. The molecule has 1 unspecified atom stereocenters. The second-order valence-electron chi connectivity index (χ2n) is 7.04. The normalized spacial score (nSPS) is 19.5. The van der Waals surface area contributed by atoms with E-state index in [0.717, 1.165) is 38.9 Å². The molecule has 0 bridgehead atoms. The van der Waals surface area contributed by atoms with Crippen LogP contribution in [0.3, 0.4) is 0 Å². The van der Waals surface area contributed by atoms with Crippen molar-refractivity contribution in [3.8, 4) is 0 Å². The minimum atomic E-state index is 0.110. The van der Waals surface area contributed by atoms with Gasteiger partial charge in [0.05, 0.1) is 0 Å². The summed E-state index contributed by atoms with van der Waals surface area (Å²) in [4.78, 5) is 14.5. The van der Waals surface area contributed by atoms with Crippen molar-refractivity contribution in [1.29, 1.82) is 0 Å². The SMILES string of the molecule is CN(C)CCC(NC(=O)C1CCNCC1)C(C)(C)C. The average Bonchev–Trinajstić information content (AvgIpc) is 2.33. The second-order valence-corrected chi connectivity index (χ2v) is 7.04. The van der Waals surface area contributed by atoms with Gasteiger partial charge in [0.1, 0.15) is 0 Å². The monoisotopic (exact) mass is 269 g/mol. The van der Waals surface area contributed by atoms with Crippen LogP contribution in [-0.4, -0.2) is 50.6 Å². The summed E-state index contributed by atoms with van der Waals surface area (Å²) in [5.74, 6) is 0.450. The quantitative estimate of drug-likeness (QED) is 0.794. The van der Waals surface area contributed by atoms with Crippen molar-refractivity contribution in [2.75, 3.05) is 33.7 Å². The fourth-order valence-electron chi connectivity index (χ4n) is 2.48. The Kier molecular flexibility index (Phi) is 6.27. The van der Waals surface area contributed by atoms with E-state index in [9.17, 15) is 4.79 Å². The van der Waals surface area contributed by atoms with Crippen LogP contribution in [0.15, 0.2) is 0 Å². The summed E-state index contributed by atoms with van der Waals surface area (Å²) in [5.41, 5.74) is 0.110. The van der Waals surface area contributed by atoms with Gasteiger partial charge in [0.15, 0.2) is 0 Å². The Hall–Kier alpha value is -0.610. The van der Waals surface area contributed by atoms with E-state index in [1.165, 1.54) is 0 Å². The van der Waals surface area contributed by atoms with Gasteiger partial charge in [-0.3, -0.25) is 4.79 Å². The van der Waals surface area contributed by atoms with Gasteiger partial charge in [-0.15, -0.1) is 0 Å². The first-order valence-electron chi connectivity index (χ1n) is 7.46. The highest BCUT2D eigenvalue weighted by Crippen LogP contribution is 2.23. The summed E-state index contributed by atoms with van der Waals surface area (Å²) in [6.07, 6.45) is 2.94. The molecular weight excluding hydrogens is 238 g/mol. The molecule has 1 aliphatic heterocycles. The molecule has 0 saturated carbocycles. The lowest BCUT2D eigenvalue weighted by molar-refractivity contribution is -0.127. The smallest absolute Gasteiger partial charge is 0.223 e. The molecule has 0 radical (unpaired) electrons. The zero-order chi connectivity index (χ0) is 14.5. The van der Waals surface area contributed by atoms with Gasteiger partial charge >= 0.3 is 0 Å². The third-order valence-electron chi connectivity index (χ3n) is 3.94. The van der Waals surface area contributed by atoms with E-state index in [4.69, 9.17) is 0 Å². The van der Waals surface area contributed by atoms with Gasteiger partial charge in [0, 0.05) is 12.0 Å². The maximum Gasteiger partial charge on any atom is 0.223 e. The number of piperidine rings is 1. The second kappa shape index (κ2) is 7.25. The van der Waals surface area contributed by atoms with E-state index < -0.39 is 0 Å². The summed E-state index contributed by atoms with van der Waals surface area (Å²) in [5, 5.41) is 6.60. The highest BCUT2D eigenvalue weighted by molar-refractivity contribution is 5.79. The number of rotatable bonds is 5. The van der Waals surface area contributed by atoms with Crippen LogP contribution in [0.4, 0.5) is 0 Å². The van der Waals surface area contributed by atoms with E-state index in [0.29, 0.717) is 0 Å². The number of nitrogens with one attached hydrogen (secondary N) is 2. The van der Waals surface area contributed by atoms with Crippen LogP contribution in [0.5, 0.6) is 0 Å². The minimum absolute atomic E-state index is 0.110. The lowest BCUT2D eigenvalue weighted by atomic mass is 9.84. The molecule has 19 heavy (non-hydrogen) atoms. The molecule has 1 rings (SSSR count). The van der Waals surface area contributed by atoms with Crippen molar-refractivity contribution in [3.63, 3.8) is 0 Å². The predicted molar refractivity (Wildman–Crippen MR) is 80.2 cm³/mol. The molecule has 2 N–H and O–H groups in total. The van der Waals surface area contributed by atoms with Crippen molar-refractivity contribution in [2.24, 2.45) is 11.3 Å². The molecule has 1 fully saturated rings. The summed E-state index contributed by atoms with van der Waals surface area (Å²) in [6, 6.07) is 0.247. The zero-order valence-corrected chi connectivity index (χ0v) is 13.3. The highest BCUT2D eigenvalue weighted by Gasteiger charge is 2.29. The van der Waals surface area contributed by atoms with E-state index in [1.54, 1.807) is 0 Å². The summed E-state index contributed by atoms with van der Waals surface area (Å²) in [6.45, 7) is 9.56. The highest BCUT2D eigenvalue weighted by atomic mass is 16.1. The molecule has 1 aliphatic rings. The molecule has 1 amide bonds. The number of hydrogen-bond acceptors (Lipinski definition) is 3. The van der Waals surface area contributed by atoms with Crippen LogP contribution in [0.25, 0.3) is 0 Å². The molecule has 1 heterocycles. The van der Waals surface area contributed by atoms with E-state index >= 15 is 0 Å². The van der Waals surface area contributed by atoms with Crippen molar-refractivity contribution < 1.29 is 4.79 Å². The van der Waals surface area contributed by atoms with Crippen LogP contribution >= 0.6 is 0 Å². The van der Waals surface area contributed by atoms with Crippen molar-refractivity contribution in [3.05, 3.63) is 0 Å². The molecule has 0 spiro atoms. The third kappa shape index (κ3) is 5.91. The van der Waals surface area contributed by atoms with Crippen molar-refractivity contribution >= 4 is 5.91 Å². The topological polar surface area (TPSA) is 44.4 Å². The molecule has 4 heteroatoms. The van der Waals surface area contributed by atoms with Gasteiger partial charge in [-0.25, -0.2) is 0 Å². The third-order valence-corrected chi connectivity index (χ3v) is 3.94. The number of hydrogen-bond donors (Lipinski definition) is 2. The molecule has 0 aromatic heterocycles. The van der Waals surface area contributed by atoms with Gasteiger partial charge in [0.2, 0.25) is 5.91 Å². The Labute approximate surface area is 118 Å². The van der Waals surface area contributed by atoms with Crippen LogP contribution in [0, 0.1) is 11.3 Å². The molecule has 112 valence electrons. The van der Waals surface area contributed by atoms with Gasteiger partial charge < -0.3 is 15.5 Å². The Morgan fingerprint density at radius 2 is 1.89 bits per heavy atom. The first-order chi connectivity index (χ1) is 8.80. The molecule has 1 saturated heterocycles. The fourth-order valence-corrected chi connectivity index (χ4v) is 2.48. The largest absolute Gasteiger partial charge is 0.353 e. The zero-order valence-electron chi connectivity index (χ0n) is 13.3. The number of amides is 1. The molecular formula is C15H31N3O. The van der Waals surface area contributed by atoms with Gasteiger partial charge in [-0.2, -0.15) is 0 Å². The standard InChI is InChI=1S/C15H31N3O/c1-15(2,3)13(8-11-18(4)5)17-14(19)12-6-9-16-10-7-12/h12-13,16H,6-11H2,1-5H3,(H,17,19). The average molecular weight is 269 g/mol. The molecule has 0 aliphatic carbocycles. The summed E-state index contributed by atoms with van der Waals surface area (Å²) in [7, 11) is 4.16. The summed E-state index contributed by atoms with van der Waals surface area (Å²) >= 11 is 0. The lowest BCUT2D eigenvalue weighted by Crippen LogP contribution is -2.48. The summed E-state index contributed by atoms with van der Waals surface area (Å²) < 4.78 is 0. The van der Waals surface area contributed by atoms with Gasteiger partial charge in [0.25, 0.3) is 0 Å². The Bertz CT molecular complexity index is 278. The minimum Gasteiger partial charge on any atom is -0.353 e. The van der Waals surface area contributed by atoms with E-state index in [-0.39, 0.29) is 23.3 Å². The predicted octanol–water partition coefficient (Wildman–Crippen LogP) is 1.47. The lowest BCUT2D eigenvalue weighted by Gasteiger charge is -2.34. The Morgan fingerprint density at radius 3 is 2.37 bits per heavy atom. The maximum atomic E-state index is 12.3. The molecule has 4 nitrogen and oxygen atoms in total. The van der Waals surface area contributed by atoms with Crippen LogP contribution in [0.1, 0.15) is 40.0 Å². The number of carbonyl (C=O) groups is 1. The van der Waals surface area contributed by atoms with Crippen molar-refractivity contribution in [1.82, 2.24) is 15.5 Å². The number of carbonyl (C=O) groups excluding carboxylic acids is 1. The van der Waals surface area contributed by atoms with Crippen molar-refractivity contribution in [2.45, 2.75) is 46.1 Å². The van der Waals surface area contributed by atoms with Gasteiger partial charge in [-0.1, -0.05) is 20.8 Å². The van der Waals surface area contributed by atoms with E-state index in [1.807, 2.05) is 0 Å². The first kappa shape index (κ1) is 16.4. The molecule has 0 aromatic rings. The van der Waals surface area contributed by atoms with E-state index in [2.05, 4.69) is 50.4 Å². The van der Waals surface area contributed by atoms with Crippen LogP contribution in [0.2, 0.25) is 0 Å². The Morgan fingerprint density at radius 1 is 1.32 bits per heavy atom. The van der Waals surface area contributed by atoms with Gasteiger partial charge in [-0.05, 0) is 58.4 Å². The fraction of sp³-hybridized carbons (Fsp3) is 0.933. The molecule has 0 aromatic carbocycles. The maximum absolute atomic E-state index is 12.3.